The van der Waals surface area contributed by atoms with E-state index in [2.05, 4.69) is 29.2 Å². The molecule has 1 saturated heterocycles. The number of piperidine rings is 1. The SMILES string of the molecule is NC1CCN(C(=O)C2C3CCc4ccccc4C32)CC1. The molecule has 1 amide bonds. The van der Waals surface area contributed by atoms with Gasteiger partial charge in [0.1, 0.15) is 0 Å². The van der Waals surface area contributed by atoms with E-state index in [1.54, 1.807) is 0 Å². The predicted molar refractivity (Wildman–Crippen MR) is 78.3 cm³/mol. The van der Waals surface area contributed by atoms with Crippen molar-refractivity contribution in [2.45, 2.75) is 37.6 Å². The molecule has 2 N–H and O–H groups in total. The van der Waals surface area contributed by atoms with Crippen molar-refractivity contribution in [3.05, 3.63) is 35.4 Å². The summed E-state index contributed by atoms with van der Waals surface area (Å²) in [6.45, 7) is 1.72. The molecule has 0 spiro atoms. The minimum Gasteiger partial charge on any atom is -0.342 e. The van der Waals surface area contributed by atoms with Gasteiger partial charge in [0, 0.05) is 25.0 Å². The zero-order valence-electron chi connectivity index (χ0n) is 11.8. The molecule has 20 heavy (non-hydrogen) atoms. The Morgan fingerprint density at radius 3 is 2.70 bits per heavy atom. The first kappa shape index (κ1) is 12.4. The number of rotatable bonds is 1. The molecule has 2 aliphatic carbocycles. The van der Waals surface area contributed by atoms with Gasteiger partial charge in [0.2, 0.25) is 5.91 Å². The molecule has 2 fully saturated rings. The van der Waals surface area contributed by atoms with Gasteiger partial charge in [-0.05, 0) is 48.6 Å². The zero-order valence-corrected chi connectivity index (χ0v) is 11.8. The van der Waals surface area contributed by atoms with Crippen LogP contribution in [0.3, 0.4) is 0 Å². The van der Waals surface area contributed by atoms with Gasteiger partial charge >= 0.3 is 0 Å². The number of hydrogen-bond donors (Lipinski definition) is 1. The minimum atomic E-state index is 0.257. The average Bonchev–Trinajstić information content (AvgIpc) is 3.22. The normalized spacial score (nSPS) is 32.5. The summed E-state index contributed by atoms with van der Waals surface area (Å²) in [4.78, 5) is 14.8. The fourth-order valence-electron chi connectivity index (χ4n) is 4.23. The first-order valence-corrected chi connectivity index (χ1v) is 7.88. The third-order valence-corrected chi connectivity index (χ3v) is 5.47. The van der Waals surface area contributed by atoms with E-state index in [1.165, 1.54) is 17.5 Å². The van der Waals surface area contributed by atoms with E-state index in [-0.39, 0.29) is 5.92 Å². The van der Waals surface area contributed by atoms with E-state index in [0.29, 0.717) is 23.8 Å². The number of likely N-dealkylation sites (tertiary alicyclic amines) is 1. The molecule has 1 saturated carbocycles. The van der Waals surface area contributed by atoms with Gasteiger partial charge in [-0.2, -0.15) is 0 Å². The molecule has 0 radical (unpaired) electrons. The molecule has 1 aromatic carbocycles. The van der Waals surface area contributed by atoms with Crippen LogP contribution >= 0.6 is 0 Å². The number of hydrogen-bond acceptors (Lipinski definition) is 2. The van der Waals surface area contributed by atoms with Crippen LogP contribution in [0.4, 0.5) is 0 Å². The molecule has 3 aliphatic rings. The minimum absolute atomic E-state index is 0.257. The Labute approximate surface area is 120 Å². The van der Waals surface area contributed by atoms with E-state index in [4.69, 9.17) is 5.73 Å². The lowest BCUT2D eigenvalue weighted by Crippen LogP contribution is -2.43. The summed E-state index contributed by atoms with van der Waals surface area (Å²) < 4.78 is 0. The van der Waals surface area contributed by atoms with Gasteiger partial charge in [-0.3, -0.25) is 4.79 Å². The fraction of sp³-hybridized carbons (Fsp3) is 0.588. The van der Waals surface area contributed by atoms with Gasteiger partial charge in [-0.1, -0.05) is 24.3 Å². The predicted octanol–water partition coefficient (Wildman–Crippen LogP) is 1.91. The monoisotopic (exact) mass is 270 g/mol. The van der Waals surface area contributed by atoms with Gasteiger partial charge in [0.25, 0.3) is 0 Å². The Balaban J connectivity index is 1.51. The van der Waals surface area contributed by atoms with Crippen LogP contribution in [0, 0.1) is 11.8 Å². The number of fused-ring (bicyclic) bond motifs is 3. The summed E-state index contributed by atoms with van der Waals surface area (Å²) in [6, 6.07) is 8.98. The van der Waals surface area contributed by atoms with Crippen LogP contribution in [0.25, 0.3) is 0 Å². The lowest BCUT2D eigenvalue weighted by atomic mass is 9.92. The van der Waals surface area contributed by atoms with Crippen LogP contribution in [-0.2, 0) is 11.2 Å². The Morgan fingerprint density at radius 2 is 1.90 bits per heavy atom. The summed E-state index contributed by atoms with van der Waals surface area (Å²) in [5.74, 6) is 1.76. The number of aryl methyl sites for hydroxylation is 1. The van der Waals surface area contributed by atoms with Crippen molar-refractivity contribution >= 4 is 5.91 Å². The second-order valence-electron chi connectivity index (χ2n) is 6.62. The lowest BCUT2D eigenvalue weighted by Gasteiger charge is -2.30. The van der Waals surface area contributed by atoms with Crippen LogP contribution in [0.5, 0.6) is 0 Å². The van der Waals surface area contributed by atoms with Crippen molar-refractivity contribution in [2.24, 2.45) is 17.6 Å². The molecule has 1 aromatic rings. The van der Waals surface area contributed by atoms with Crippen LogP contribution in [0.1, 0.15) is 36.3 Å². The van der Waals surface area contributed by atoms with E-state index in [0.717, 1.165) is 32.4 Å². The molecule has 1 aliphatic heterocycles. The molecule has 0 aromatic heterocycles. The number of amides is 1. The molecule has 3 atom stereocenters. The molecule has 0 bridgehead atoms. The highest BCUT2D eigenvalue weighted by molar-refractivity contribution is 5.84. The van der Waals surface area contributed by atoms with E-state index >= 15 is 0 Å². The second-order valence-corrected chi connectivity index (χ2v) is 6.62. The summed E-state index contributed by atoms with van der Waals surface area (Å²) >= 11 is 0. The number of carbonyl (C=O) groups is 1. The highest BCUT2D eigenvalue weighted by atomic mass is 16.2. The molecular formula is C17H22N2O. The van der Waals surface area contributed by atoms with Crippen molar-refractivity contribution in [3.8, 4) is 0 Å². The van der Waals surface area contributed by atoms with Crippen LogP contribution in [-0.4, -0.2) is 29.9 Å². The van der Waals surface area contributed by atoms with Crippen molar-refractivity contribution in [1.82, 2.24) is 4.90 Å². The first-order chi connectivity index (χ1) is 9.75. The van der Waals surface area contributed by atoms with E-state index in [1.807, 2.05) is 0 Å². The van der Waals surface area contributed by atoms with Gasteiger partial charge < -0.3 is 10.6 Å². The highest BCUT2D eigenvalue weighted by Crippen LogP contribution is 2.60. The summed E-state index contributed by atoms with van der Waals surface area (Å²) in [6.07, 6.45) is 4.26. The largest absolute Gasteiger partial charge is 0.342 e. The van der Waals surface area contributed by atoms with Crippen molar-refractivity contribution in [2.75, 3.05) is 13.1 Å². The molecule has 3 unspecified atom stereocenters. The Bertz CT molecular complexity index is 534. The molecule has 3 heteroatoms. The molecule has 1 heterocycles. The van der Waals surface area contributed by atoms with E-state index in [9.17, 15) is 4.79 Å². The Morgan fingerprint density at radius 1 is 1.15 bits per heavy atom. The zero-order chi connectivity index (χ0) is 13.7. The Kier molecular flexibility index (Phi) is 2.84. The van der Waals surface area contributed by atoms with Crippen LogP contribution in [0.15, 0.2) is 24.3 Å². The van der Waals surface area contributed by atoms with Gasteiger partial charge in [-0.25, -0.2) is 0 Å². The molecule has 4 rings (SSSR count). The third-order valence-electron chi connectivity index (χ3n) is 5.47. The van der Waals surface area contributed by atoms with Crippen LogP contribution < -0.4 is 5.73 Å². The van der Waals surface area contributed by atoms with Crippen molar-refractivity contribution in [1.29, 1.82) is 0 Å². The maximum atomic E-state index is 12.7. The highest BCUT2D eigenvalue weighted by Gasteiger charge is 2.57. The van der Waals surface area contributed by atoms with Gasteiger partial charge in [0.05, 0.1) is 0 Å². The summed E-state index contributed by atoms with van der Waals surface area (Å²) in [5, 5.41) is 0. The van der Waals surface area contributed by atoms with Crippen molar-refractivity contribution < 1.29 is 4.79 Å². The maximum Gasteiger partial charge on any atom is 0.226 e. The molecule has 3 nitrogen and oxygen atoms in total. The van der Waals surface area contributed by atoms with Gasteiger partial charge in [0.15, 0.2) is 0 Å². The third kappa shape index (κ3) is 1.87. The quantitative estimate of drug-likeness (QED) is 0.847. The number of benzene rings is 1. The standard InChI is InChI=1S/C17H22N2O/c18-12-7-9-19(10-8-12)17(20)16-14-6-5-11-3-1-2-4-13(11)15(14)16/h1-4,12,14-16H,5-10,18H2. The summed E-state index contributed by atoms with van der Waals surface area (Å²) in [5.41, 5.74) is 8.83. The first-order valence-electron chi connectivity index (χ1n) is 7.88. The van der Waals surface area contributed by atoms with Gasteiger partial charge in [-0.15, -0.1) is 0 Å². The fourth-order valence-corrected chi connectivity index (χ4v) is 4.23. The summed E-state index contributed by atoms with van der Waals surface area (Å²) in [7, 11) is 0. The van der Waals surface area contributed by atoms with Crippen LogP contribution in [0.2, 0.25) is 0 Å². The topological polar surface area (TPSA) is 46.3 Å². The molecular weight excluding hydrogens is 248 g/mol. The number of nitrogens with two attached hydrogens (primary N) is 1. The number of nitrogens with zero attached hydrogens (tertiary/aromatic N) is 1. The smallest absolute Gasteiger partial charge is 0.226 e. The van der Waals surface area contributed by atoms with Crippen molar-refractivity contribution in [3.63, 3.8) is 0 Å². The number of carbonyl (C=O) groups excluding carboxylic acids is 1. The van der Waals surface area contributed by atoms with E-state index < -0.39 is 0 Å². The maximum absolute atomic E-state index is 12.7. The molecule has 106 valence electrons. The lowest BCUT2D eigenvalue weighted by molar-refractivity contribution is -0.134. The average molecular weight is 270 g/mol. The Hall–Kier alpha value is -1.35. The second kappa shape index (κ2) is 4.59.